The normalized spacial score (nSPS) is 21.3. The van der Waals surface area contributed by atoms with E-state index in [1.807, 2.05) is 0 Å². The molecule has 1 heterocycles. The Hall–Kier alpha value is -0.150. The van der Waals surface area contributed by atoms with Crippen molar-refractivity contribution in [1.29, 1.82) is 0 Å². The molecule has 0 bridgehead atoms. The molecule has 0 aromatic heterocycles. The topological polar surface area (TPSA) is 12.0 Å². The second kappa shape index (κ2) is 5.26. The van der Waals surface area contributed by atoms with Crippen molar-refractivity contribution in [3.63, 3.8) is 0 Å². The number of thioether (sulfide) groups is 1. The third kappa shape index (κ3) is 3.15. The predicted molar refractivity (Wildman–Crippen MR) is 72.8 cm³/mol. The molecule has 0 spiro atoms. The van der Waals surface area contributed by atoms with Crippen LogP contribution in [0.2, 0.25) is 0 Å². The SMILES string of the molecule is Cc1ccc(N[C@@H]2CCCSC2)cc1Br. The lowest BCUT2D eigenvalue weighted by Gasteiger charge is -2.23. The number of benzene rings is 1. The standard InChI is InChI=1S/C12H16BrNS/c1-9-4-5-10(7-12(9)13)14-11-3-2-6-15-8-11/h4-5,7,11,14H,2-3,6,8H2,1H3/t11-/m1/s1. The first-order chi connectivity index (χ1) is 7.25. The molecule has 1 nitrogen and oxygen atoms in total. The van der Waals surface area contributed by atoms with Gasteiger partial charge in [-0.1, -0.05) is 22.0 Å². The summed E-state index contributed by atoms with van der Waals surface area (Å²) in [7, 11) is 0. The van der Waals surface area contributed by atoms with Gasteiger partial charge in [0.25, 0.3) is 0 Å². The zero-order chi connectivity index (χ0) is 10.7. The highest BCUT2D eigenvalue weighted by atomic mass is 79.9. The average molecular weight is 286 g/mol. The molecule has 0 radical (unpaired) electrons. The molecule has 2 rings (SSSR count). The van der Waals surface area contributed by atoms with Gasteiger partial charge in [0.05, 0.1) is 0 Å². The van der Waals surface area contributed by atoms with Crippen molar-refractivity contribution in [2.45, 2.75) is 25.8 Å². The molecular weight excluding hydrogens is 270 g/mol. The van der Waals surface area contributed by atoms with Crippen LogP contribution < -0.4 is 5.32 Å². The van der Waals surface area contributed by atoms with E-state index in [0.717, 1.165) is 0 Å². The van der Waals surface area contributed by atoms with Crippen molar-refractivity contribution in [3.8, 4) is 0 Å². The van der Waals surface area contributed by atoms with Crippen LogP contribution in [0.5, 0.6) is 0 Å². The van der Waals surface area contributed by atoms with E-state index >= 15 is 0 Å². The van der Waals surface area contributed by atoms with Crippen molar-refractivity contribution in [2.75, 3.05) is 16.8 Å². The summed E-state index contributed by atoms with van der Waals surface area (Å²) < 4.78 is 1.19. The van der Waals surface area contributed by atoms with Crippen LogP contribution in [0.1, 0.15) is 18.4 Å². The predicted octanol–water partition coefficient (Wildman–Crippen LogP) is 4.07. The molecule has 1 aliphatic rings. The first kappa shape index (κ1) is 11.3. The summed E-state index contributed by atoms with van der Waals surface area (Å²) in [4.78, 5) is 0. The Kier molecular flexibility index (Phi) is 3.98. The molecule has 1 aromatic carbocycles. The van der Waals surface area contributed by atoms with E-state index in [4.69, 9.17) is 0 Å². The minimum absolute atomic E-state index is 0.651. The largest absolute Gasteiger partial charge is 0.381 e. The zero-order valence-corrected chi connectivity index (χ0v) is 11.3. The molecule has 1 N–H and O–H groups in total. The fraction of sp³-hybridized carbons (Fsp3) is 0.500. The summed E-state index contributed by atoms with van der Waals surface area (Å²) in [5, 5.41) is 3.60. The molecule has 0 aliphatic carbocycles. The first-order valence-corrected chi connectivity index (χ1v) is 7.31. The third-order valence-corrected chi connectivity index (χ3v) is 4.77. The van der Waals surface area contributed by atoms with E-state index < -0.39 is 0 Å². The van der Waals surface area contributed by atoms with Gasteiger partial charge in [-0.2, -0.15) is 11.8 Å². The molecule has 15 heavy (non-hydrogen) atoms. The van der Waals surface area contributed by atoms with E-state index in [1.54, 1.807) is 0 Å². The minimum atomic E-state index is 0.651. The lowest BCUT2D eigenvalue weighted by atomic mass is 10.1. The van der Waals surface area contributed by atoms with Crippen molar-refractivity contribution in [3.05, 3.63) is 28.2 Å². The summed E-state index contributed by atoms with van der Waals surface area (Å²) in [6, 6.07) is 7.15. The van der Waals surface area contributed by atoms with Gasteiger partial charge in [0.15, 0.2) is 0 Å². The van der Waals surface area contributed by atoms with Crippen LogP contribution in [0.25, 0.3) is 0 Å². The number of rotatable bonds is 2. The Morgan fingerprint density at radius 1 is 1.47 bits per heavy atom. The van der Waals surface area contributed by atoms with Gasteiger partial charge < -0.3 is 5.32 Å². The van der Waals surface area contributed by atoms with Gasteiger partial charge in [0.2, 0.25) is 0 Å². The number of nitrogens with one attached hydrogen (secondary N) is 1. The fourth-order valence-electron chi connectivity index (χ4n) is 1.77. The zero-order valence-electron chi connectivity index (χ0n) is 8.92. The molecule has 0 saturated carbocycles. The van der Waals surface area contributed by atoms with Crippen LogP contribution in [0, 0.1) is 6.92 Å². The Labute approximate surface area is 104 Å². The molecule has 0 amide bonds. The lowest BCUT2D eigenvalue weighted by Crippen LogP contribution is -2.25. The van der Waals surface area contributed by atoms with Gasteiger partial charge in [0.1, 0.15) is 0 Å². The van der Waals surface area contributed by atoms with Crippen molar-refractivity contribution < 1.29 is 0 Å². The number of anilines is 1. The highest BCUT2D eigenvalue weighted by Crippen LogP contribution is 2.24. The molecule has 1 aliphatic heterocycles. The number of aryl methyl sites for hydroxylation is 1. The molecule has 82 valence electrons. The Balaban J connectivity index is 2.00. The van der Waals surface area contributed by atoms with Crippen LogP contribution >= 0.6 is 27.7 Å². The Morgan fingerprint density at radius 3 is 3.00 bits per heavy atom. The van der Waals surface area contributed by atoms with Crippen molar-refractivity contribution >= 4 is 33.4 Å². The summed E-state index contributed by atoms with van der Waals surface area (Å²) >= 11 is 5.62. The van der Waals surface area contributed by atoms with E-state index in [9.17, 15) is 0 Å². The molecule has 1 saturated heterocycles. The van der Waals surface area contributed by atoms with Gasteiger partial charge in [-0.3, -0.25) is 0 Å². The summed E-state index contributed by atoms with van der Waals surface area (Å²) in [6.45, 7) is 2.12. The minimum Gasteiger partial charge on any atom is -0.381 e. The van der Waals surface area contributed by atoms with Gasteiger partial charge in [-0.05, 0) is 43.2 Å². The summed E-state index contributed by atoms with van der Waals surface area (Å²) in [5.74, 6) is 2.57. The first-order valence-electron chi connectivity index (χ1n) is 5.36. The van der Waals surface area contributed by atoms with Crippen LogP contribution in [0.15, 0.2) is 22.7 Å². The molecule has 0 unspecified atom stereocenters. The smallest absolute Gasteiger partial charge is 0.0354 e. The molecule has 1 atom stereocenters. The van der Waals surface area contributed by atoms with Crippen molar-refractivity contribution in [1.82, 2.24) is 0 Å². The summed E-state index contributed by atoms with van der Waals surface area (Å²) in [5.41, 5.74) is 2.53. The van der Waals surface area contributed by atoms with E-state index in [2.05, 4.69) is 58.1 Å². The van der Waals surface area contributed by atoms with Gasteiger partial charge >= 0.3 is 0 Å². The highest BCUT2D eigenvalue weighted by molar-refractivity contribution is 9.10. The van der Waals surface area contributed by atoms with E-state index in [1.165, 1.54) is 40.1 Å². The number of hydrogen-bond donors (Lipinski definition) is 1. The quantitative estimate of drug-likeness (QED) is 0.879. The van der Waals surface area contributed by atoms with E-state index in [-0.39, 0.29) is 0 Å². The Bertz CT molecular complexity index is 334. The lowest BCUT2D eigenvalue weighted by molar-refractivity contribution is 0.685. The molecule has 3 heteroatoms. The van der Waals surface area contributed by atoms with Gasteiger partial charge in [0, 0.05) is 22.0 Å². The second-order valence-corrected chi connectivity index (χ2v) is 6.03. The maximum Gasteiger partial charge on any atom is 0.0354 e. The number of halogens is 1. The highest BCUT2D eigenvalue weighted by Gasteiger charge is 2.13. The molecule has 1 fully saturated rings. The average Bonchev–Trinajstić information content (AvgIpc) is 2.25. The van der Waals surface area contributed by atoms with Gasteiger partial charge in [-0.25, -0.2) is 0 Å². The van der Waals surface area contributed by atoms with Crippen LogP contribution in [0.3, 0.4) is 0 Å². The Morgan fingerprint density at radius 2 is 2.33 bits per heavy atom. The maximum absolute atomic E-state index is 3.60. The molecule has 1 aromatic rings. The third-order valence-electron chi connectivity index (χ3n) is 2.70. The van der Waals surface area contributed by atoms with E-state index in [0.29, 0.717) is 6.04 Å². The maximum atomic E-state index is 3.60. The fourth-order valence-corrected chi connectivity index (χ4v) is 3.22. The van der Waals surface area contributed by atoms with Gasteiger partial charge in [-0.15, -0.1) is 0 Å². The molecular formula is C12H16BrNS. The van der Waals surface area contributed by atoms with Crippen LogP contribution in [-0.2, 0) is 0 Å². The van der Waals surface area contributed by atoms with Crippen molar-refractivity contribution in [2.24, 2.45) is 0 Å². The van der Waals surface area contributed by atoms with Crippen LogP contribution in [-0.4, -0.2) is 17.5 Å². The second-order valence-electron chi connectivity index (χ2n) is 4.02. The summed E-state index contributed by atoms with van der Waals surface area (Å²) in [6.07, 6.45) is 2.65. The van der Waals surface area contributed by atoms with Crippen LogP contribution in [0.4, 0.5) is 5.69 Å². The monoisotopic (exact) mass is 285 g/mol. The number of hydrogen-bond acceptors (Lipinski definition) is 2.